The number of rotatable bonds is 5. The van der Waals surface area contributed by atoms with Crippen molar-refractivity contribution < 1.29 is 14.3 Å². The van der Waals surface area contributed by atoms with Crippen molar-refractivity contribution in [3.8, 4) is 11.8 Å². The first-order valence-corrected chi connectivity index (χ1v) is 8.47. The summed E-state index contributed by atoms with van der Waals surface area (Å²) in [6.07, 6.45) is 2.70. The maximum absolute atomic E-state index is 12.3. The van der Waals surface area contributed by atoms with E-state index in [2.05, 4.69) is 11.4 Å². The molecule has 128 valence electrons. The van der Waals surface area contributed by atoms with Gasteiger partial charge < -0.3 is 19.7 Å². The molecule has 1 heterocycles. The van der Waals surface area contributed by atoms with Gasteiger partial charge in [-0.25, -0.2) is 4.79 Å². The van der Waals surface area contributed by atoms with E-state index in [9.17, 15) is 4.79 Å². The van der Waals surface area contributed by atoms with Crippen LogP contribution in [0.25, 0.3) is 0 Å². The van der Waals surface area contributed by atoms with Crippen LogP contribution in [0.2, 0.25) is 0 Å². The molecule has 6 heteroatoms. The molecule has 2 atom stereocenters. The lowest BCUT2D eigenvalue weighted by molar-refractivity contribution is -0.0731. The standard InChI is InChI=1S/C18H23N3O3/c1-13-11-21(12-17(24-13)15-4-5-15)18(22)20-8-9-23-16-6-2-14(10-19)3-7-16/h2-3,6-7,13,15,17H,4-5,8-9,11-12H2,1H3,(H,20,22)/t13-,17-/m1/s1. The van der Waals surface area contributed by atoms with E-state index in [1.807, 2.05) is 11.8 Å². The van der Waals surface area contributed by atoms with Crippen LogP contribution in [0, 0.1) is 17.2 Å². The molecule has 1 aromatic carbocycles. The molecule has 1 aliphatic carbocycles. The van der Waals surface area contributed by atoms with Gasteiger partial charge in [-0.15, -0.1) is 0 Å². The first kappa shape index (κ1) is 16.6. The highest BCUT2D eigenvalue weighted by atomic mass is 16.5. The Morgan fingerprint density at radius 3 is 2.79 bits per heavy atom. The molecule has 0 radical (unpaired) electrons. The molecule has 1 N–H and O–H groups in total. The van der Waals surface area contributed by atoms with Gasteiger partial charge in [0.15, 0.2) is 0 Å². The highest BCUT2D eigenvalue weighted by Crippen LogP contribution is 2.36. The van der Waals surface area contributed by atoms with Crippen LogP contribution in [0.4, 0.5) is 4.79 Å². The summed E-state index contributed by atoms with van der Waals surface area (Å²) in [6.45, 7) is 4.16. The van der Waals surface area contributed by atoms with E-state index in [0.29, 0.717) is 43.5 Å². The van der Waals surface area contributed by atoms with Crippen LogP contribution in [0.5, 0.6) is 5.75 Å². The topological polar surface area (TPSA) is 74.6 Å². The average molecular weight is 329 g/mol. The lowest BCUT2D eigenvalue weighted by Crippen LogP contribution is -2.53. The minimum atomic E-state index is -0.0563. The van der Waals surface area contributed by atoms with E-state index < -0.39 is 0 Å². The van der Waals surface area contributed by atoms with Crippen LogP contribution < -0.4 is 10.1 Å². The van der Waals surface area contributed by atoms with Crippen molar-refractivity contribution in [1.29, 1.82) is 5.26 Å². The van der Waals surface area contributed by atoms with E-state index in [-0.39, 0.29) is 18.2 Å². The number of morpholine rings is 1. The molecule has 1 aliphatic heterocycles. The molecule has 6 nitrogen and oxygen atoms in total. The maximum Gasteiger partial charge on any atom is 0.317 e. The average Bonchev–Trinajstić information content (AvgIpc) is 3.43. The van der Waals surface area contributed by atoms with Gasteiger partial charge in [0.1, 0.15) is 12.4 Å². The van der Waals surface area contributed by atoms with Crippen molar-refractivity contribution in [3.05, 3.63) is 29.8 Å². The van der Waals surface area contributed by atoms with E-state index in [4.69, 9.17) is 14.7 Å². The number of nitriles is 1. The summed E-state index contributed by atoms with van der Waals surface area (Å²) in [5.41, 5.74) is 0.599. The zero-order valence-corrected chi connectivity index (χ0v) is 13.9. The molecular formula is C18H23N3O3. The predicted molar refractivity (Wildman–Crippen MR) is 88.7 cm³/mol. The number of nitrogens with zero attached hydrogens (tertiary/aromatic N) is 2. The highest BCUT2D eigenvalue weighted by Gasteiger charge is 2.38. The SMILES string of the molecule is C[C@@H]1CN(C(=O)NCCOc2ccc(C#N)cc2)C[C@H](C2CC2)O1. The summed E-state index contributed by atoms with van der Waals surface area (Å²) < 4.78 is 11.5. The fourth-order valence-electron chi connectivity index (χ4n) is 2.94. The Kier molecular flexibility index (Phi) is 5.21. The Balaban J connectivity index is 1.39. The van der Waals surface area contributed by atoms with Gasteiger partial charge in [-0.05, 0) is 49.9 Å². The Hall–Kier alpha value is -2.26. The van der Waals surface area contributed by atoms with Gasteiger partial charge in [0.25, 0.3) is 0 Å². The van der Waals surface area contributed by atoms with Gasteiger partial charge >= 0.3 is 6.03 Å². The maximum atomic E-state index is 12.3. The smallest absolute Gasteiger partial charge is 0.317 e. The molecule has 0 spiro atoms. The summed E-state index contributed by atoms with van der Waals surface area (Å²) >= 11 is 0. The molecule has 2 fully saturated rings. The third-order valence-corrected chi connectivity index (χ3v) is 4.35. The minimum absolute atomic E-state index is 0.0563. The summed E-state index contributed by atoms with van der Waals surface area (Å²) in [5, 5.41) is 11.7. The van der Waals surface area contributed by atoms with E-state index in [1.54, 1.807) is 24.3 Å². The van der Waals surface area contributed by atoms with Gasteiger partial charge in [0.2, 0.25) is 0 Å². The van der Waals surface area contributed by atoms with Crippen LogP contribution in [0.3, 0.4) is 0 Å². The molecule has 1 saturated carbocycles. The quantitative estimate of drug-likeness (QED) is 0.840. The first-order chi connectivity index (χ1) is 11.7. The number of ether oxygens (including phenoxy) is 2. The summed E-state index contributed by atoms with van der Waals surface area (Å²) in [5.74, 6) is 1.32. The number of amides is 2. The van der Waals surface area contributed by atoms with Crippen LogP contribution >= 0.6 is 0 Å². The lowest BCUT2D eigenvalue weighted by atomic mass is 10.1. The van der Waals surface area contributed by atoms with E-state index in [0.717, 1.165) is 0 Å². The van der Waals surface area contributed by atoms with E-state index >= 15 is 0 Å². The molecule has 0 aromatic heterocycles. The molecule has 2 amide bonds. The third-order valence-electron chi connectivity index (χ3n) is 4.35. The zero-order chi connectivity index (χ0) is 16.9. The minimum Gasteiger partial charge on any atom is -0.492 e. The fourth-order valence-corrected chi connectivity index (χ4v) is 2.94. The van der Waals surface area contributed by atoms with Gasteiger partial charge in [-0.2, -0.15) is 5.26 Å². The highest BCUT2D eigenvalue weighted by molar-refractivity contribution is 5.74. The van der Waals surface area contributed by atoms with Crippen LogP contribution in [0.15, 0.2) is 24.3 Å². The van der Waals surface area contributed by atoms with E-state index in [1.165, 1.54) is 12.8 Å². The number of carbonyl (C=O) groups is 1. The summed E-state index contributed by atoms with van der Waals surface area (Å²) in [7, 11) is 0. The monoisotopic (exact) mass is 329 g/mol. The van der Waals surface area contributed by atoms with Crippen molar-refractivity contribution >= 4 is 6.03 Å². The van der Waals surface area contributed by atoms with Gasteiger partial charge in [0.05, 0.1) is 30.4 Å². The molecule has 1 aromatic rings. The van der Waals surface area contributed by atoms with Crippen LogP contribution in [0.1, 0.15) is 25.3 Å². The number of hydrogen-bond donors (Lipinski definition) is 1. The van der Waals surface area contributed by atoms with Gasteiger partial charge in [0, 0.05) is 13.1 Å². The Morgan fingerprint density at radius 1 is 1.38 bits per heavy atom. The van der Waals surface area contributed by atoms with Gasteiger partial charge in [-0.3, -0.25) is 0 Å². The number of benzene rings is 1. The van der Waals surface area contributed by atoms with Crippen molar-refractivity contribution in [3.63, 3.8) is 0 Å². The second kappa shape index (κ2) is 7.54. The molecule has 0 bridgehead atoms. The second-order valence-corrected chi connectivity index (χ2v) is 6.44. The Bertz CT molecular complexity index is 607. The second-order valence-electron chi connectivity index (χ2n) is 6.44. The number of hydrogen-bond acceptors (Lipinski definition) is 4. The van der Waals surface area contributed by atoms with Crippen LogP contribution in [-0.2, 0) is 4.74 Å². The number of carbonyl (C=O) groups excluding carboxylic acids is 1. The van der Waals surface area contributed by atoms with Crippen molar-refractivity contribution in [2.75, 3.05) is 26.2 Å². The Morgan fingerprint density at radius 2 is 2.12 bits per heavy atom. The zero-order valence-electron chi connectivity index (χ0n) is 13.9. The summed E-state index contributed by atoms with van der Waals surface area (Å²) in [6, 6.07) is 8.93. The van der Waals surface area contributed by atoms with Crippen LogP contribution in [-0.4, -0.2) is 49.4 Å². The third kappa shape index (κ3) is 4.39. The largest absolute Gasteiger partial charge is 0.492 e. The molecule has 0 unspecified atom stereocenters. The summed E-state index contributed by atoms with van der Waals surface area (Å²) in [4.78, 5) is 14.1. The molecule has 2 aliphatic rings. The molecular weight excluding hydrogens is 306 g/mol. The van der Waals surface area contributed by atoms with Gasteiger partial charge in [-0.1, -0.05) is 0 Å². The normalized spacial score (nSPS) is 23.4. The first-order valence-electron chi connectivity index (χ1n) is 8.47. The van der Waals surface area contributed by atoms with Crippen molar-refractivity contribution in [1.82, 2.24) is 10.2 Å². The number of urea groups is 1. The van der Waals surface area contributed by atoms with Crippen molar-refractivity contribution in [2.45, 2.75) is 32.0 Å². The predicted octanol–water partition coefficient (Wildman–Crippen LogP) is 2.15. The molecule has 1 saturated heterocycles. The lowest BCUT2D eigenvalue weighted by Gasteiger charge is -2.37. The molecule has 3 rings (SSSR count). The molecule has 24 heavy (non-hydrogen) atoms. The fraction of sp³-hybridized carbons (Fsp3) is 0.556. The number of nitrogens with one attached hydrogen (secondary N) is 1. The van der Waals surface area contributed by atoms with Crippen molar-refractivity contribution in [2.24, 2.45) is 5.92 Å². The Labute approximate surface area is 142 Å².